The number of hydrogen-bond donors (Lipinski definition) is 0. The van der Waals surface area contributed by atoms with E-state index in [1.807, 2.05) is 0 Å². The predicted octanol–water partition coefficient (Wildman–Crippen LogP) is 3.48. The van der Waals surface area contributed by atoms with Crippen molar-refractivity contribution in [3.05, 3.63) is 0 Å². The number of hydrogen-bond acceptors (Lipinski definition) is 1. The van der Waals surface area contributed by atoms with Crippen LogP contribution in [0.4, 0.5) is 0 Å². The van der Waals surface area contributed by atoms with Gasteiger partial charge in [-0.05, 0) is 18.3 Å². The molecule has 0 fully saturated rings. The lowest BCUT2D eigenvalue weighted by atomic mass is 9.96. The lowest BCUT2D eigenvalue weighted by molar-refractivity contribution is -0.00906. The molecular weight excluding hydrogens is 148 g/mol. The third-order valence-electron chi connectivity index (χ3n) is 2.12. The monoisotopic (exact) mass is 172 g/mol. The molecule has 0 rings (SSSR count). The van der Waals surface area contributed by atoms with Crippen LogP contribution >= 0.6 is 0 Å². The maximum absolute atomic E-state index is 5.81. The van der Waals surface area contributed by atoms with Crippen molar-refractivity contribution in [2.75, 3.05) is 6.61 Å². The quantitative estimate of drug-likeness (QED) is 0.557. The molecule has 0 radical (unpaired) electrons. The van der Waals surface area contributed by atoms with Crippen LogP contribution in [0.3, 0.4) is 0 Å². The maximum atomic E-state index is 5.81. The average molecular weight is 172 g/mol. The van der Waals surface area contributed by atoms with Crippen molar-refractivity contribution in [2.24, 2.45) is 11.8 Å². The molecule has 1 heteroatoms. The molecule has 0 heterocycles. The molecule has 0 atom stereocenters. The third-order valence-corrected chi connectivity index (χ3v) is 2.12. The second kappa shape index (κ2) is 6.47. The molecule has 0 saturated heterocycles. The summed E-state index contributed by atoms with van der Waals surface area (Å²) >= 11 is 0. The fourth-order valence-corrected chi connectivity index (χ4v) is 1.52. The van der Waals surface area contributed by atoms with Crippen LogP contribution in [0, 0.1) is 11.8 Å². The molecule has 1 nitrogen and oxygen atoms in total. The minimum absolute atomic E-state index is 0.441. The Bertz CT molecular complexity index is 89.2. The van der Waals surface area contributed by atoms with E-state index in [4.69, 9.17) is 4.74 Å². The molecule has 0 saturated carbocycles. The van der Waals surface area contributed by atoms with Gasteiger partial charge in [0.25, 0.3) is 0 Å². The van der Waals surface area contributed by atoms with Crippen molar-refractivity contribution in [2.45, 2.75) is 53.6 Å². The lowest BCUT2D eigenvalue weighted by Gasteiger charge is -2.25. The Morgan fingerprint density at radius 3 is 1.83 bits per heavy atom. The first kappa shape index (κ1) is 12.0. The smallest absolute Gasteiger partial charge is 0.0620 e. The summed E-state index contributed by atoms with van der Waals surface area (Å²) in [6.07, 6.45) is 2.86. The van der Waals surface area contributed by atoms with Crippen molar-refractivity contribution in [3.8, 4) is 0 Å². The van der Waals surface area contributed by atoms with Crippen molar-refractivity contribution in [1.29, 1.82) is 0 Å². The molecule has 0 aromatic carbocycles. The van der Waals surface area contributed by atoms with E-state index in [9.17, 15) is 0 Å². The highest BCUT2D eigenvalue weighted by atomic mass is 16.5. The molecule has 12 heavy (non-hydrogen) atoms. The molecule has 0 aliphatic heterocycles. The summed E-state index contributed by atoms with van der Waals surface area (Å²) in [4.78, 5) is 0. The molecule has 0 spiro atoms. The van der Waals surface area contributed by atoms with Gasteiger partial charge in [-0.1, -0.05) is 41.0 Å². The molecule has 0 amide bonds. The summed E-state index contributed by atoms with van der Waals surface area (Å²) in [5.74, 6) is 1.28. The summed E-state index contributed by atoms with van der Waals surface area (Å²) in [6.45, 7) is 12.1. The van der Waals surface area contributed by atoms with Gasteiger partial charge in [0.05, 0.1) is 6.10 Å². The van der Waals surface area contributed by atoms with Gasteiger partial charge < -0.3 is 4.74 Å². The highest BCUT2D eigenvalue weighted by Gasteiger charge is 2.17. The van der Waals surface area contributed by atoms with Gasteiger partial charge >= 0.3 is 0 Å². The van der Waals surface area contributed by atoms with Crippen molar-refractivity contribution >= 4 is 0 Å². The van der Waals surface area contributed by atoms with E-state index in [-0.39, 0.29) is 0 Å². The van der Waals surface area contributed by atoms with E-state index < -0.39 is 0 Å². The summed E-state index contributed by atoms with van der Waals surface area (Å²) in [6, 6.07) is 0. The number of rotatable bonds is 6. The fourth-order valence-electron chi connectivity index (χ4n) is 1.52. The van der Waals surface area contributed by atoms with Gasteiger partial charge in [0.15, 0.2) is 0 Å². The van der Waals surface area contributed by atoms with Crippen LogP contribution in [0.25, 0.3) is 0 Å². The first-order valence-corrected chi connectivity index (χ1v) is 5.21. The Balaban J connectivity index is 3.64. The second-order valence-corrected chi connectivity index (χ2v) is 4.18. The molecule has 0 unspecified atom stereocenters. The van der Waals surface area contributed by atoms with Crippen LogP contribution in [-0.2, 0) is 4.74 Å². The standard InChI is InChI=1S/C11H24O/c1-6-7-8-12-11(9(2)3)10(4)5/h9-11H,6-8H2,1-5H3. The molecule has 74 valence electrons. The van der Waals surface area contributed by atoms with E-state index in [1.165, 1.54) is 12.8 Å². The Morgan fingerprint density at radius 1 is 1.00 bits per heavy atom. The highest BCUT2D eigenvalue weighted by Crippen LogP contribution is 2.16. The lowest BCUT2D eigenvalue weighted by Crippen LogP contribution is -2.26. The SMILES string of the molecule is CCCCOC(C(C)C)C(C)C. The first-order valence-electron chi connectivity index (χ1n) is 5.21. The molecule has 0 N–H and O–H groups in total. The van der Waals surface area contributed by atoms with Crippen molar-refractivity contribution in [3.63, 3.8) is 0 Å². The minimum atomic E-state index is 0.441. The summed E-state index contributed by atoms with van der Waals surface area (Å²) in [5, 5.41) is 0. The summed E-state index contributed by atoms with van der Waals surface area (Å²) < 4.78 is 5.81. The predicted molar refractivity (Wildman–Crippen MR) is 54.3 cm³/mol. The van der Waals surface area contributed by atoms with Crippen LogP contribution in [0.15, 0.2) is 0 Å². The number of unbranched alkanes of at least 4 members (excludes halogenated alkanes) is 1. The van der Waals surface area contributed by atoms with E-state index in [0.29, 0.717) is 17.9 Å². The molecule has 0 aromatic heterocycles. The van der Waals surface area contributed by atoms with Crippen molar-refractivity contribution in [1.82, 2.24) is 0 Å². The third kappa shape index (κ3) is 4.76. The van der Waals surface area contributed by atoms with Crippen LogP contribution < -0.4 is 0 Å². The van der Waals surface area contributed by atoms with Crippen LogP contribution in [0.1, 0.15) is 47.5 Å². The van der Waals surface area contributed by atoms with E-state index in [1.54, 1.807) is 0 Å². The van der Waals surface area contributed by atoms with Crippen molar-refractivity contribution < 1.29 is 4.74 Å². The Kier molecular flexibility index (Phi) is 6.45. The van der Waals surface area contributed by atoms with E-state index >= 15 is 0 Å². The molecule has 0 aliphatic rings. The zero-order valence-electron chi connectivity index (χ0n) is 9.26. The molecule has 0 bridgehead atoms. The van der Waals surface area contributed by atoms with Crippen LogP contribution in [0.2, 0.25) is 0 Å². The topological polar surface area (TPSA) is 9.23 Å². The Hall–Kier alpha value is -0.0400. The zero-order valence-corrected chi connectivity index (χ0v) is 9.26. The van der Waals surface area contributed by atoms with Crippen LogP contribution in [-0.4, -0.2) is 12.7 Å². The second-order valence-electron chi connectivity index (χ2n) is 4.18. The van der Waals surface area contributed by atoms with Gasteiger partial charge in [-0.2, -0.15) is 0 Å². The van der Waals surface area contributed by atoms with E-state index in [0.717, 1.165) is 6.61 Å². The van der Waals surface area contributed by atoms with Gasteiger partial charge in [-0.3, -0.25) is 0 Å². The molecule has 0 aliphatic carbocycles. The van der Waals surface area contributed by atoms with E-state index in [2.05, 4.69) is 34.6 Å². The van der Waals surface area contributed by atoms with Crippen LogP contribution in [0.5, 0.6) is 0 Å². The number of ether oxygens (including phenoxy) is 1. The summed E-state index contributed by atoms with van der Waals surface area (Å²) in [5.41, 5.74) is 0. The Labute approximate surface area is 77.5 Å². The zero-order chi connectivity index (χ0) is 9.56. The highest BCUT2D eigenvalue weighted by molar-refractivity contribution is 4.65. The van der Waals surface area contributed by atoms with Gasteiger partial charge in [0.1, 0.15) is 0 Å². The maximum Gasteiger partial charge on any atom is 0.0620 e. The van der Waals surface area contributed by atoms with Gasteiger partial charge in [0, 0.05) is 6.61 Å². The summed E-state index contributed by atoms with van der Waals surface area (Å²) in [7, 11) is 0. The van der Waals surface area contributed by atoms with Gasteiger partial charge in [0.2, 0.25) is 0 Å². The largest absolute Gasteiger partial charge is 0.378 e. The molecular formula is C11H24O. The molecule has 0 aromatic rings. The average Bonchev–Trinajstić information content (AvgIpc) is 1.96. The minimum Gasteiger partial charge on any atom is -0.378 e. The first-order chi connectivity index (χ1) is 5.59. The van der Waals surface area contributed by atoms with Gasteiger partial charge in [-0.15, -0.1) is 0 Å². The normalized spacial score (nSPS) is 12.0. The van der Waals surface area contributed by atoms with Gasteiger partial charge in [-0.25, -0.2) is 0 Å². The Morgan fingerprint density at radius 2 is 1.50 bits per heavy atom. The fraction of sp³-hybridized carbons (Fsp3) is 1.00.